The summed E-state index contributed by atoms with van der Waals surface area (Å²) in [5.41, 5.74) is 0.959. The molecule has 1 N–H and O–H groups in total. The van der Waals surface area contributed by atoms with Crippen LogP contribution in [0, 0.1) is 13.8 Å². The Kier molecular flexibility index (Phi) is 8.20. The van der Waals surface area contributed by atoms with E-state index in [1.807, 2.05) is 23.6 Å². The number of aliphatic carboxylic acids is 1. The molecule has 2 amide bonds. The first-order valence-corrected chi connectivity index (χ1v) is 8.99. The van der Waals surface area contributed by atoms with Gasteiger partial charge >= 0.3 is 12.1 Å². The number of hydrogen-bond acceptors (Lipinski definition) is 5. The van der Waals surface area contributed by atoms with Gasteiger partial charge in [-0.15, -0.1) is 11.3 Å². The molecule has 2 heterocycles. The Balaban J connectivity index is 0.000000445. The van der Waals surface area contributed by atoms with Crippen LogP contribution in [0.15, 0.2) is 0 Å². The largest absolute Gasteiger partial charge is 0.490 e. The van der Waals surface area contributed by atoms with Gasteiger partial charge in [-0.1, -0.05) is 0 Å². The Morgan fingerprint density at radius 2 is 1.63 bits per heavy atom. The lowest BCUT2D eigenvalue weighted by Crippen LogP contribution is -2.37. The number of carboxylic acid groups (broad SMARTS) is 1. The summed E-state index contributed by atoms with van der Waals surface area (Å²) in [6, 6.07) is 0. The van der Waals surface area contributed by atoms with Crippen LogP contribution >= 0.6 is 11.3 Å². The minimum atomic E-state index is -5.08. The van der Waals surface area contributed by atoms with Crippen LogP contribution in [0.4, 0.5) is 13.2 Å². The molecule has 0 radical (unpaired) electrons. The molecule has 0 saturated carbocycles. The minimum Gasteiger partial charge on any atom is -0.475 e. The average Bonchev–Trinajstić information content (AvgIpc) is 2.75. The van der Waals surface area contributed by atoms with Gasteiger partial charge in [-0.3, -0.25) is 9.59 Å². The summed E-state index contributed by atoms with van der Waals surface area (Å²) in [6.07, 6.45) is -3.80. The number of carbonyl (C=O) groups excluding carboxylic acids is 2. The van der Waals surface area contributed by atoms with Crippen LogP contribution in [0.25, 0.3) is 0 Å². The van der Waals surface area contributed by atoms with Crippen molar-refractivity contribution >= 4 is 29.1 Å². The van der Waals surface area contributed by atoms with Crippen molar-refractivity contribution in [2.24, 2.45) is 0 Å². The zero-order chi connectivity index (χ0) is 20.8. The fraction of sp³-hybridized carbons (Fsp3) is 0.625. The number of alkyl halides is 3. The highest BCUT2D eigenvalue weighted by molar-refractivity contribution is 7.11. The van der Waals surface area contributed by atoms with Crippen molar-refractivity contribution < 1.29 is 32.7 Å². The molecule has 1 aromatic rings. The molecule has 1 aromatic heterocycles. The third-order valence-corrected chi connectivity index (χ3v) is 4.92. The maximum atomic E-state index is 12.4. The lowest BCUT2D eigenvalue weighted by atomic mass is 10.2. The van der Waals surface area contributed by atoms with E-state index in [2.05, 4.69) is 4.98 Å². The zero-order valence-corrected chi connectivity index (χ0v) is 16.1. The number of halogens is 3. The van der Waals surface area contributed by atoms with Crippen LogP contribution in [0.2, 0.25) is 0 Å². The van der Waals surface area contributed by atoms with Gasteiger partial charge < -0.3 is 14.9 Å². The highest BCUT2D eigenvalue weighted by atomic mass is 32.1. The van der Waals surface area contributed by atoms with E-state index >= 15 is 0 Å². The van der Waals surface area contributed by atoms with Gasteiger partial charge in [0.2, 0.25) is 11.8 Å². The van der Waals surface area contributed by atoms with Crippen LogP contribution in [0.3, 0.4) is 0 Å². The summed E-state index contributed by atoms with van der Waals surface area (Å²) in [6.45, 7) is 8.25. The molecule has 0 atom stereocenters. The van der Waals surface area contributed by atoms with Gasteiger partial charge in [0.25, 0.3) is 0 Å². The molecule has 0 bridgehead atoms. The predicted molar refractivity (Wildman–Crippen MR) is 92.4 cm³/mol. The third-order valence-electron chi connectivity index (χ3n) is 3.85. The van der Waals surface area contributed by atoms with Crippen molar-refractivity contribution in [2.75, 3.05) is 26.2 Å². The Hall–Kier alpha value is -2.17. The van der Waals surface area contributed by atoms with Crippen molar-refractivity contribution in [3.8, 4) is 0 Å². The smallest absolute Gasteiger partial charge is 0.475 e. The summed E-state index contributed by atoms with van der Waals surface area (Å²) < 4.78 is 31.7. The lowest BCUT2D eigenvalue weighted by Gasteiger charge is -2.21. The number of rotatable bonds is 2. The van der Waals surface area contributed by atoms with Crippen molar-refractivity contribution in [1.82, 2.24) is 14.8 Å². The molecule has 11 heteroatoms. The highest BCUT2D eigenvalue weighted by Crippen LogP contribution is 2.19. The van der Waals surface area contributed by atoms with Crippen molar-refractivity contribution in [1.29, 1.82) is 0 Å². The van der Waals surface area contributed by atoms with E-state index in [0.29, 0.717) is 19.5 Å². The zero-order valence-electron chi connectivity index (χ0n) is 15.3. The molecule has 0 aliphatic carbocycles. The molecule has 1 saturated heterocycles. The number of aryl methyl sites for hydroxylation is 2. The van der Waals surface area contributed by atoms with Crippen LogP contribution in [-0.2, 0) is 20.8 Å². The van der Waals surface area contributed by atoms with Crippen molar-refractivity contribution in [2.45, 2.75) is 39.8 Å². The lowest BCUT2D eigenvalue weighted by molar-refractivity contribution is -0.192. The van der Waals surface area contributed by atoms with Crippen molar-refractivity contribution in [3.05, 3.63) is 15.6 Å². The van der Waals surface area contributed by atoms with Crippen LogP contribution < -0.4 is 0 Å². The van der Waals surface area contributed by atoms with E-state index in [4.69, 9.17) is 9.90 Å². The molecule has 2 rings (SSSR count). The van der Waals surface area contributed by atoms with Crippen LogP contribution in [-0.4, -0.2) is 70.0 Å². The van der Waals surface area contributed by atoms with Crippen molar-refractivity contribution in [3.63, 3.8) is 0 Å². The Bertz CT molecular complexity index is 691. The predicted octanol–water partition coefficient (Wildman–Crippen LogP) is 2.02. The summed E-state index contributed by atoms with van der Waals surface area (Å²) in [7, 11) is 0. The second kappa shape index (κ2) is 9.67. The van der Waals surface area contributed by atoms with Gasteiger partial charge in [0.1, 0.15) is 0 Å². The Morgan fingerprint density at radius 3 is 2.07 bits per heavy atom. The summed E-state index contributed by atoms with van der Waals surface area (Å²) in [4.78, 5) is 41.7. The second-order valence-electron chi connectivity index (χ2n) is 5.96. The highest BCUT2D eigenvalue weighted by Gasteiger charge is 2.38. The van der Waals surface area contributed by atoms with E-state index in [-0.39, 0.29) is 11.8 Å². The molecule has 1 aliphatic rings. The Labute approximate surface area is 158 Å². The molecule has 0 spiro atoms. The Morgan fingerprint density at radius 1 is 1.11 bits per heavy atom. The van der Waals surface area contributed by atoms with Crippen LogP contribution in [0.1, 0.15) is 28.9 Å². The quantitative estimate of drug-likeness (QED) is 0.807. The topological polar surface area (TPSA) is 90.8 Å². The van der Waals surface area contributed by atoms with Gasteiger partial charge in [0, 0.05) is 38.0 Å². The number of amides is 2. The number of carboxylic acids is 1. The fourth-order valence-corrected chi connectivity index (χ4v) is 3.40. The maximum Gasteiger partial charge on any atom is 0.490 e. The SMILES string of the molecule is CC(=O)N1CCCN(C(=O)Cc2sc(C)nc2C)CC1.O=C(O)C(F)(F)F. The number of carbonyl (C=O) groups is 3. The molecule has 7 nitrogen and oxygen atoms in total. The first kappa shape index (κ1) is 22.9. The fourth-order valence-electron chi connectivity index (χ4n) is 2.47. The van der Waals surface area contributed by atoms with E-state index < -0.39 is 12.1 Å². The molecular weight excluding hydrogens is 387 g/mol. The minimum absolute atomic E-state index is 0.0909. The molecule has 1 fully saturated rings. The van der Waals surface area contributed by atoms with Crippen LogP contribution in [0.5, 0.6) is 0 Å². The number of nitrogens with zero attached hydrogens (tertiary/aromatic N) is 3. The summed E-state index contributed by atoms with van der Waals surface area (Å²) in [5, 5.41) is 8.13. The van der Waals surface area contributed by atoms with Gasteiger partial charge in [0.05, 0.1) is 17.1 Å². The van der Waals surface area contributed by atoms with Gasteiger partial charge in [0.15, 0.2) is 0 Å². The van der Waals surface area contributed by atoms with E-state index in [9.17, 15) is 22.8 Å². The second-order valence-corrected chi connectivity index (χ2v) is 7.25. The van der Waals surface area contributed by atoms with Gasteiger partial charge in [-0.2, -0.15) is 13.2 Å². The monoisotopic (exact) mass is 409 g/mol. The van der Waals surface area contributed by atoms with E-state index in [1.165, 1.54) is 0 Å². The molecule has 1 aliphatic heterocycles. The summed E-state index contributed by atoms with van der Waals surface area (Å²) >= 11 is 1.59. The maximum absolute atomic E-state index is 12.4. The molecular formula is C16H22F3N3O4S. The molecule has 0 unspecified atom stereocenters. The third kappa shape index (κ3) is 7.53. The first-order chi connectivity index (χ1) is 12.4. The molecule has 152 valence electrons. The number of hydrogen-bond donors (Lipinski definition) is 1. The first-order valence-electron chi connectivity index (χ1n) is 8.18. The summed E-state index contributed by atoms with van der Waals surface area (Å²) in [5.74, 6) is -2.53. The molecule has 0 aromatic carbocycles. The van der Waals surface area contributed by atoms with E-state index in [1.54, 1.807) is 18.3 Å². The van der Waals surface area contributed by atoms with E-state index in [0.717, 1.165) is 35.1 Å². The number of aromatic nitrogens is 1. The van der Waals surface area contributed by atoms with Gasteiger partial charge in [-0.05, 0) is 20.3 Å². The standard InChI is InChI=1S/C14H21N3O2S.C2HF3O2/c1-10-13(20-11(2)15-10)9-14(19)17-6-4-5-16(7-8-17)12(3)18;3-2(4,5)1(6)7/h4-9H2,1-3H3;(H,6,7). The number of thiazole rings is 1. The van der Waals surface area contributed by atoms with Gasteiger partial charge in [-0.25, -0.2) is 9.78 Å². The normalized spacial score (nSPS) is 14.9. The average molecular weight is 409 g/mol. The molecule has 27 heavy (non-hydrogen) atoms.